The number of carboxylic acid groups (broad SMARTS) is 1. The van der Waals surface area contributed by atoms with Gasteiger partial charge in [-0.05, 0) is 35.9 Å². The molecule has 0 aliphatic heterocycles. The molecule has 9 nitrogen and oxygen atoms in total. The molecule has 0 radical (unpaired) electrons. The van der Waals surface area contributed by atoms with Crippen LogP contribution < -0.4 is 16.2 Å². The molecule has 4 N–H and O–H groups in total. The van der Waals surface area contributed by atoms with E-state index >= 15 is 0 Å². The van der Waals surface area contributed by atoms with E-state index in [2.05, 4.69) is 16.1 Å². The normalized spacial score (nSPS) is 11.8. The van der Waals surface area contributed by atoms with Gasteiger partial charge in [-0.1, -0.05) is 42.5 Å². The van der Waals surface area contributed by atoms with Crippen LogP contribution in [-0.4, -0.2) is 42.5 Å². The van der Waals surface area contributed by atoms with Crippen molar-refractivity contribution in [1.29, 1.82) is 0 Å². The van der Waals surface area contributed by atoms with Gasteiger partial charge < -0.3 is 21.0 Å². The van der Waals surface area contributed by atoms with E-state index in [1.54, 1.807) is 66.7 Å². The van der Waals surface area contributed by atoms with E-state index in [0.29, 0.717) is 35.1 Å². The molecule has 0 fully saturated rings. The van der Waals surface area contributed by atoms with Crippen LogP contribution in [0.2, 0.25) is 0 Å². The Kier molecular flexibility index (Phi) is 9.66. The summed E-state index contributed by atoms with van der Waals surface area (Å²) in [6.07, 6.45) is -8.82. The lowest BCUT2D eigenvalue weighted by atomic mass is 10.1. The number of nitrogens with one attached hydrogen (secondary N) is 1. The number of halogens is 6. The Bertz CT molecular complexity index is 1730. The molecular weight excluding hydrogens is 606 g/mol. The summed E-state index contributed by atoms with van der Waals surface area (Å²) in [5.41, 5.74) is 4.76. The molecule has 0 spiro atoms. The van der Waals surface area contributed by atoms with E-state index in [1.807, 2.05) is 0 Å². The van der Waals surface area contributed by atoms with Crippen molar-refractivity contribution < 1.29 is 55.2 Å². The van der Waals surface area contributed by atoms with Gasteiger partial charge in [0.05, 0.1) is 17.1 Å². The molecule has 16 heteroatoms. The molecular formula is C27H22F6N4O5S. The molecule has 4 rings (SSSR count). The highest BCUT2D eigenvalue weighted by Crippen LogP contribution is 2.31. The fourth-order valence-electron chi connectivity index (χ4n) is 3.68. The monoisotopic (exact) mass is 628 g/mol. The van der Waals surface area contributed by atoms with Crippen molar-refractivity contribution >= 4 is 27.4 Å². The summed E-state index contributed by atoms with van der Waals surface area (Å²) < 4.78 is 96.9. The summed E-state index contributed by atoms with van der Waals surface area (Å²) in [6.45, 7) is 0.414. The van der Waals surface area contributed by atoms with Crippen molar-refractivity contribution in [1.82, 2.24) is 9.78 Å². The standard InChI is InChI=1S/C25H21F3N4O3S.C2HF3O2/c1-36(34,35)22-8-3-2-7-20(22)17-9-11-18(12-10-17)30-24(33)21-14-23(25(26,27)28)31-32(21)19-6-4-5-16(13-19)15-29;3-2(4,5)1(6)7/h2-14H,15,29H2,1H3,(H,30,33);(H,6,7). The van der Waals surface area contributed by atoms with Crippen molar-refractivity contribution in [2.75, 3.05) is 11.6 Å². The first-order chi connectivity index (χ1) is 19.9. The number of hydrogen-bond donors (Lipinski definition) is 2. The number of rotatable bonds is 6. The number of amides is 1. The third-order valence-corrected chi connectivity index (χ3v) is 6.80. The highest BCUT2D eigenvalue weighted by atomic mass is 32.2. The Morgan fingerprint density at radius 3 is 2.07 bits per heavy atom. The zero-order valence-electron chi connectivity index (χ0n) is 22.0. The quantitative estimate of drug-likeness (QED) is 0.313. The lowest BCUT2D eigenvalue weighted by molar-refractivity contribution is -0.386. The summed E-state index contributed by atoms with van der Waals surface area (Å²) >= 11 is 0. The third kappa shape index (κ3) is 8.42. The van der Waals surface area contributed by atoms with Crippen molar-refractivity contribution in [3.63, 3.8) is 0 Å². The number of carbonyl (C=O) groups is 2. The first-order valence-corrected chi connectivity index (χ1v) is 13.9. The number of nitrogens with zero attached hydrogens (tertiary/aromatic N) is 2. The Morgan fingerprint density at radius 2 is 1.53 bits per heavy atom. The highest BCUT2D eigenvalue weighted by Gasteiger charge is 2.36. The minimum absolute atomic E-state index is 0.162. The fraction of sp³-hybridized carbons (Fsp3) is 0.148. The second-order valence-electron chi connectivity index (χ2n) is 8.83. The second-order valence-corrected chi connectivity index (χ2v) is 10.8. The number of sulfone groups is 1. The molecule has 3 aromatic carbocycles. The van der Waals surface area contributed by atoms with Crippen LogP contribution in [0.1, 0.15) is 21.7 Å². The number of alkyl halides is 6. The van der Waals surface area contributed by atoms with Crippen molar-refractivity contribution in [2.45, 2.75) is 23.8 Å². The minimum Gasteiger partial charge on any atom is -0.542 e. The Labute approximate surface area is 240 Å². The van der Waals surface area contributed by atoms with Gasteiger partial charge >= 0.3 is 12.4 Å². The smallest absolute Gasteiger partial charge is 0.435 e. The number of aliphatic carboxylic acids is 1. The van der Waals surface area contributed by atoms with Crippen LogP contribution in [0.25, 0.3) is 16.8 Å². The molecule has 0 unspecified atom stereocenters. The average Bonchev–Trinajstić information content (AvgIpc) is 3.40. The summed E-state index contributed by atoms with van der Waals surface area (Å²) in [6, 6.07) is 20.1. The number of carbonyl (C=O) groups excluding carboxylic acids is 2. The molecule has 0 aliphatic carbocycles. The molecule has 0 saturated carbocycles. The third-order valence-electron chi connectivity index (χ3n) is 5.65. The highest BCUT2D eigenvalue weighted by molar-refractivity contribution is 7.90. The van der Waals surface area contributed by atoms with Gasteiger partial charge in [-0.2, -0.15) is 31.4 Å². The molecule has 0 aliphatic rings. The Balaban J connectivity index is 0.000000646. The first kappa shape index (κ1) is 32.8. The summed E-state index contributed by atoms with van der Waals surface area (Å²) in [7, 11) is -3.47. The zero-order valence-corrected chi connectivity index (χ0v) is 22.8. The van der Waals surface area contributed by atoms with Gasteiger partial charge in [0.2, 0.25) is 0 Å². The van der Waals surface area contributed by atoms with E-state index in [1.165, 1.54) is 6.07 Å². The Hall–Kier alpha value is -4.70. The van der Waals surface area contributed by atoms with Crippen molar-refractivity contribution in [3.05, 3.63) is 95.8 Å². The van der Waals surface area contributed by atoms with E-state index in [0.717, 1.165) is 16.5 Å². The fourth-order valence-corrected chi connectivity index (χ4v) is 4.59. The number of anilines is 1. The van der Waals surface area contributed by atoms with Gasteiger partial charge in [-0.25, -0.2) is 13.1 Å². The number of hydrogen-bond acceptors (Lipinski definition) is 6. The molecule has 228 valence electrons. The topological polar surface area (TPSA) is 149 Å². The lowest BCUT2D eigenvalue weighted by Crippen LogP contribution is -2.47. The van der Waals surface area contributed by atoms with Gasteiger partial charge in [-0.3, -0.25) is 4.79 Å². The summed E-state index contributed by atoms with van der Waals surface area (Å²) in [5, 5.41) is 15.0. The van der Waals surface area contributed by atoms with Crippen LogP contribution >= 0.6 is 0 Å². The predicted octanol–water partition coefficient (Wildman–Crippen LogP) is 3.25. The second kappa shape index (κ2) is 12.7. The van der Waals surface area contributed by atoms with E-state index in [4.69, 9.17) is 9.90 Å². The molecule has 0 saturated heterocycles. The Morgan fingerprint density at radius 1 is 0.930 bits per heavy atom. The van der Waals surface area contributed by atoms with Crippen molar-refractivity contribution in [3.8, 4) is 16.8 Å². The molecule has 1 amide bonds. The van der Waals surface area contributed by atoms with E-state index in [-0.39, 0.29) is 10.6 Å². The van der Waals surface area contributed by atoms with Gasteiger partial charge in [0, 0.05) is 29.1 Å². The van der Waals surface area contributed by atoms with E-state index < -0.39 is 39.8 Å². The minimum atomic E-state index is -5.19. The molecule has 1 heterocycles. The van der Waals surface area contributed by atoms with Crippen LogP contribution in [-0.2, 0) is 27.4 Å². The van der Waals surface area contributed by atoms with Crippen molar-refractivity contribution in [2.24, 2.45) is 0 Å². The number of carboxylic acids is 1. The number of aromatic nitrogens is 2. The molecule has 43 heavy (non-hydrogen) atoms. The molecule has 0 atom stereocenters. The van der Waals surface area contributed by atoms with Gasteiger partial charge in [0.25, 0.3) is 5.91 Å². The van der Waals surface area contributed by atoms with Crippen LogP contribution in [0.3, 0.4) is 0 Å². The average molecular weight is 629 g/mol. The van der Waals surface area contributed by atoms with Crippen LogP contribution in [0.15, 0.2) is 83.8 Å². The molecule has 1 aromatic heterocycles. The maximum absolute atomic E-state index is 13.4. The lowest BCUT2D eigenvalue weighted by Gasteiger charge is -2.11. The summed E-state index contributed by atoms with van der Waals surface area (Å²) in [5.74, 6) is -3.80. The van der Waals surface area contributed by atoms with Gasteiger partial charge in [0.1, 0.15) is 11.7 Å². The van der Waals surface area contributed by atoms with Gasteiger partial charge in [-0.15, -0.1) is 0 Å². The van der Waals surface area contributed by atoms with E-state index in [9.17, 15) is 39.6 Å². The van der Waals surface area contributed by atoms with Gasteiger partial charge in [0.15, 0.2) is 15.5 Å². The first-order valence-electron chi connectivity index (χ1n) is 12.0. The predicted molar refractivity (Wildman–Crippen MR) is 139 cm³/mol. The SMILES string of the molecule is CS(=O)(=O)c1ccccc1-c1ccc(NC(=O)c2cc(C(F)(F)F)nn2-c2cccc(C[NH3+])c2)cc1.O=C([O-])C(F)(F)F. The number of quaternary nitrogens is 1. The summed E-state index contributed by atoms with van der Waals surface area (Å²) in [4.78, 5) is 22.0. The molecule has 0 bridgehead atoms. The largest absolute Gasteiger partial charge is 0.542 e. The molecule has 4 aromatic rings. The maximum atomic E-state index is 13.4. The zero-order chi connectivity index (χ0) is 32.2. The number of benzene rings is 3. The van der Waals surface area contributed by atoms with Crippen LogP contribution in [0.4, 0.5) is 32.0 Å². The maximum Gasteiger partial charge on any atom is 0.435 e. The van der Waals surface area contributed by atoms with Crippen LogP contribution in [0, 0.1) is 0 Å². The van der Waals surface area contributed by atoms with Crippen LogP contribution in [0.5, 0.6) is 0 Å².